The van der Waals surface area contributed by atoms with E-state index >= 15 is 0 Å². The lowest BCUT2D eigenvalue weighted by Crippen LogP contribution is -2.59. The molecule has 0 saturated carbocycles. The molecular weight excluding hydrogens is 1010 g/mol. The number of furan rings is 1. The molecule has 0 atom stereocenters. The summed E-state index contributed by atoms with van der Waals surface area (Å²) < 4.78 is 14.7. The van der Waals surface area contributed by atoms with Gasteiger partial charge in [-0.25, -0.2) is 0 Å². The Morgan fingerprint density at radius 1 is 0.450 bits per heavy atom. The van der Waals surface area contributed by atoms with Gasteiger partial charge in [-0.15, -0.1) is 22.7 Å². The van der Waals surface area contributed by atoms with Crippen molar-refractivity contribution in [3.8, 4) is 16.8 Å². The molecule has 9 aromatic carbocycles. The number of para-hydroxylation sites is 1. The minimum atomic E-state index is -0.0712. The Kier molecular flexibility index (Phi) is 10.6. The van der Waals surface area contributed by atoms with E-state index in [1.165, 1.54) is 129 Å². The Labute approximate surface area is 478 Å². The summed E-state index contributed by atoms with van der Waals surface area (Å²) >= 11 is 3.92. The summed E-state index contributed by atoms with van der Waals surface area (Å²) in [5.74, 6) is 0.217. The average Bonchev–Trinajstić information content (AvgIpc) is 4.06. The molecule has 3 nitrogen and oxygen atoms in total. The van der Waals surface area contributed by atoms with E-state index in [9.17, 15) is 0 Å². The zero-order valence-electron chi connectivity index (χ0n) is 48.1. The van der Waals surface area contributed by atoms with E-state index in [-0.39, 0.29) is 34.4 Å². The third-order valence-electron chi connectivity index (χ3n) is 18.0. The first kappa shape index (κ1) is 49.7. The Balaban J connectivity index is 0.956. The van der Waals surface area contributed by atoms with Crippen LogP contribution in [0.4, 0.5) is 11.4 Å². The SMILES string of the molecule is CC(C)(C)c1ccc(C(Cc2ccc3c(c2)sc2cc4c(cc23)-c2ccc3c5cc6oc7ccccc7c6cc5n5c3c2B(c2sc3ccc(C(C)(C)C)cc3c2-5)N4c2ccc(C(C)(C)C)cc2)c2ccc(C(C)(C)C)cc2)cc1. The number of rotatable bonds is 5. The molecule has 2 aliphatic rings. The van der Waals surface area contributed by atoms with Gasteiger partial charge in [-0.2, -0.15) is 0 Å². The number of hydrogen-bond acceptors (Lipinski definition) is 4. The van der Waals surface area contributed by atoms with Gasteiger partial charge in [-0.05, 0) is 139 Å². The first-order valence-electron chi connectivity index (χ1n) is 28.8. The largest absolute Gasteiger partial charge is 0.456 e. The summed E-state index contributed by atoms with van der Waals surface area (Å²) in [7, 11) is 0. The quantitative estimate of drug-likeness (QED) is 0.160. The van der Waals surface area contributed by atoms with Crippen molar-refractivity contribution >= 4 is 125 Å². The summed E-state index contributed by atoms with van der Waals surface area (Å²) in [6.07, 6.45) is 0.915. The number of anilines is 2. The van der Waals surface area contributed by atoms with Gasteiger partial charge in [-0.3, -0.25) is 0 Å². The highest BCUT2D eigenvalue weighted by Gasteiger charge is 2.46. The molecule has 0 aliphatic carbocycles. The maximum absolute atomic E-state index is 6.66. The summed E-state index contributed by atoms with van der Waals surface area (Å²) in [6, 6.07) is 66.3. The van der Waals surface area contributed by atoms with E-state index in [0.29, 0.717) is 0 Å². The van der Waals surface area contributed by atoms with Gasteiger partial charge in [0.1, 0.15) is 11.2 Å². The van der Waals surface area contributed by atoms with Crippen LogP contribution in [0, 0.1) is 0 Å². The van der Waals surface area contributed by atoms with Crippen LogP contribution in [-0.2, 0) is 28.1 Å². The molecule has 2 aliphatic heterocycles. The molecule has 0 amide bonds. The number of fused-ring (bicyclic) bond motifs is 16. The second kappa shape index (κ2) is 17.1. The summed E-state index contributed by atoms with van der Waals surface area (Å²) in [6.45, 7) is 27.7. The van der Waals surface area contributed by atoms with Gasteiger partial charge in [0.05, 0.1) is 16.7 Å². The molecule has 15 rings (SSSR count). The van der Waals surface area contributed by atoms with Crippen molar-refractivity contribution in [1.29, 1.82) is 0 Å². The standard InChI is InChI=1S/C74H67BN2OS2/c1-71(2,3)45-22-18-43(19-23-45)54(44-20-24-46(25-21-44)72(4,5)6)35-42-17-31-51-58-38-55-52-32-33-53-56-40-63-57(50-15-13-14-16-62(50)78-63)39-60(56)76-68(53)67(52)75(70-69(76)59-37-48(74(10,11)12)28-34-64(59)80-70)77(61(55)41-66(58)79-65(51)36-42)49-29-26-47(27-30-49)73(7,8)9/h13-34,36-41,54H,35H2,1-12H3. The van der Waals surface area contributed by atoms with Crippen LogP contribution in [0.2, 0.25) is 0 Å². The fraction of sp³-hybridized carbons (Fsp3) is 0.243. The molecule has 4 aromatic heterocycles. The van der Waals surface area contributed by atoms with Gasteiger partial charge in [0.25, 0.3) is 0 Å². The maximum atomic E-state index is 6.66. The predicted octanol–water partition coefficient (Wildman–Crippen LogP) is 20.1. The Morgan fingerprint density at radius 3 is 1.73 bits per heavy atom. The van der Waals surface area contributed by atoms with E-state index in [2.05, 4.69) is 262 Å². The summed E-state index contributed by atoms with van der Waals surface area (Å²) in [4.78, 5) is 2.72. The zero-order valence-corrected chi connectivity index (χ0v) is 49.8. The highest BCUT2D eigenvalue weighted by Crippen LogP contribution is 2.51. The number of benzene rings is 9. The van der Waals surface area contributed by atoms with Gasteiger partial charge in [0.15, 0.2) is 0 Å². The van der Waals surface area contributed by atoms with Crippen LogP contribution in [0.1, 0.15) is 128 Å². The maximum Gasteiger partial charge on any atom is 0.343 e. The monoisotopic (exact) mass is 1070 g/mol. The predicted molar refractivity (Wildman–Crippen MR) is 349 cm³/mol. The molecule has 0 radical (unpaired) electrons. The van der Waals surface area contributed by atoms with Crippen molar-refractivity contribution in [2.75, 3.05) is 4.81 Å². The van der Waals surface area contributed by atoms with Crippen LogP contribution < -0.4 is 15.1 Å². The van der Waals surface area contributed by atoms with E-state index in [4.69, 9.17) is 4.42 Å². The van der Waals surface area contributed by atoms with Crippen LogP contribution in [0.5, 0.6) is 0 Å². The van der Waals surface area contributed by atoms with Gasteiger partial charge in [-0.1, -0.05) is 192 Å². The smallest absolute Gasteiger partial charge is 0.343 e. The highest BCUT2D eigenvalue weighted by molar-refractivity contribution is 7.32. The second-order valence-corrected chi connectivity index (χ2v) is 29.5. The fourth-order valence-corrected chi connectivity index (χ4v) is 16.0. The number of nitrogens with zero attached hydrogens (tertiary/aromatic N) is 2. The molecule has 80 heavy (non-hydrogen) atoms. The lowest BCUT2D eigenvalue weighted by molar-refractivity contribution is 0.589. The third-order valence-corrected chi connectivity index (χ3v) is 20.4. The van der Waals surface area contributed by atoms with Crippen molar-refractivity contribution < 1.29 is 4.42 Å². The molecule has 0 saturated heterocycles. The Bertz CT molecular complexity index is 4650. The van der Waals surface area contributed by atoms with Gasteiger partial charge in [0, 0.05) is 79.4 Å². The van der Waals surface area contributed by atoms with Crippen LogP contribution in [-0.4, -0.2) is 11.4 Å². The second-order valence-electron chi connectivity index (χ2n) is 27.4. The molecule has 0 unspecified atom stereocenters. The minimum absolute atomic E-state index is 0.0157. The molecule has 13 aromatic rings. The van der Waals surface area contributed by atoms with Crippen molar-refractivity contribution in [3.63, 3.8) is 0 Å². The number of thiophene rings is 2. The van der Waals surface area contributed by atoms with Gasteiger partial charge < -0.3 is 13.8 Å². The van der Waals surface area contributed by atoms with Crippen molar-refractivity contribution in [1.82, 2.24) is 4.57 Å². The Morgan fingerprint density at radius 2 is 1.06 bits per heavy atom. The average molecular weight is 1080 g/mol. The Hall–Kier alpha value is -7.38. The van der Waals surface area contributed by atoms with E-state index < -0.39 is 0 Å². The molecule has 0 fully saturated rings. The fourth-order valence-electron chi connectivity index (χ4n) is 13.5. The highest BCUT2D eigenvalue weighted by atomic mass is 32.1. The van der Waals surface area contributed by atoms with Crippen LogP contribution in [0.15, 0.2) is 174 Å². The summed E-state index contributed by atoms with van der Waals surface area (Å²) in [5.41, 5.74) is 21.8. The third kappa shape index (κ3) is 7.57. The lowest BCUT2D eigenvalue weighted by atomic mass is 9.47. The van der Waals surface area contributed by atoms with Gasteiger partial charge >= 0.3 is 6.85 Å². The first-order chi connectivity index (χ1) is 38.2. The van der Waals surface area contributed by atoms with Crippen molar-refractivity contribution in [2.24, 2.45) is 0 Å². The molecule has 6 heterocycles. The normalized spacial score (nSPS) is 13.9. The number of aromatic nitrogens is 1. The van der Waals surface area contributed by atoms with Crippen molar-refractivity contribution in [2.45, 2.75) is 117 Å². The van der Waals surface area contributed by atoms with E-state index in [1.807, 2.05) is 22.7 Å². The van der Waals surface area contributed by atoms with Crippen LogP contribution in [0.25, 0.3) is 90.8 Å². The minimum Gasteiger partial charge on any atom is -0.456 e. The van der Waals surface area contributed by atoms with Crippen LogP contribution >= 0.6 is 22.7 Å². The topological polar surface area (TPSA) is 21.3 Å². The number of hydrogen-bond donors (Lipinski definition) is 0. The van der Waals surface area contributed by atoms with Crippen LogP contribution in [0.3, 0.4) is 0 Å². The molecule has 0 N–H and O–H groups in total. The molecular formula is C74H67BN2OS2. The molecule has 394 valence electrons. The summed E-state index contributed by atoms with van der Waals surface area (Å²) in [5, 5.41) is 8.74. The van der Waals surface area contributed by atoms with Gasteiger partial charge in [0.2, 0.25) is 0 Å². The molecule has 0 spiro atoms. The lowest BCUT2D eigenvalue weighted by Gasteiger charge is -2.41. The van der Waals surface area contributed by atoms with Crippen molar-refractivity contribution in [3.05, 3.63) is 209 Å². The first-order valence-corrected chi connectivity index (χ1v) is 30.4. The van der Waals surface area contributed by atoms with E-state index in [1.54, 1.807) is 0 Å². The van der Waals surface area contributed by atoms with E-state index in [0.717, 1.165) is 28.4 Å². The molecule has 6 heteroatoms. The molecule has 0 bridgehead atoms. The zero-order chi connectivity index (χ0) is 55.1.